The molecule has 0 bridgehead atoms. The number of carbonyl (C=O) groups excluding carboxylic acids is 1. The molecular weight excluding hydrogens is 451 g/mol. The number of methoxy groups -OCH3 is 3. The van der Waals surface area contributed by atoms with Crippen molar-refractivity contribution in [3.8, 4) is 28.7 Å². The third-order valence-electron chi connectivity index (χ3n) is 5.04. The minimum Gasteiger partial charge on any atom is -0.493 e. The predicted octanol–water partition coefficient (Wildman–Crippen LogP) is 5.70. The summed E-state index contributed by atoms with van der Waals surface area (Å²) in [6, 6.07) is 12.5. The van der Waals surface area contributed by atoms with Crippen molar-refractivity contribution in [3.63, 3.8) is 0 Å². The van der Waals surface area contributed by atoms with Crippen molar-refractivity contribution in [1.82, 2.24) is 0 Å². The predicted molar refractivity (Wildman–Crippen MR) is 121 cm³/mol. The average Bonchev–Trinajstić information content (AvgIpc) is 3.12. The van der Waals surface area contributed by atoms with Crippen molar-refractivity contribution in [2.24, 2.45) is 0 Å². The second-order valence-corrected chi connectivity index (χ2v) is 7.49. The van der Waals surface area contributed by atoms with E-state index in [0.717, 1.165) is 0 Å². The summed E-state index contributed by atoms with van der Waals surface area (Å²) in [4.78, 5) is 12.8. The van der Waals surface area contributed by atoms with Gasteiger partial charge in [0.1, 0.15) is 23.9 Å². The van der Waals surface area contributed by atoms with Gasteiger partial charge in [-0.1, -0.05) is 17.7 Å². The Balaban J connectivity index is 1.56. The Kier molecular flexibility index (Phi) is 6.42. The molecule has 0 unspecified atom stereocenters. The Hall–Kier alpha value is -3.71. The highest BCUT2D eigenvalue weighted by Crippen LogP contribution is 2.40. The minimum absolute atomic E-state index is 0.139. The van der Waals surface area contributed by atoms with Crippen molar-refractivity contribution in [1.29, 1.82) is 0 Å². The Labute approximate surface area is 195 Å². The minimum atomic E-state index is -0.417. The van der Waals surface area contributed by atoms with Gasteiger partial charge in [0.2, 0.25) is 11.5 Å². The molecule has 33 heavy (non-hydrogen) atoms. The van der Waals surface area contributed by atoms with Crippen LogP contribution in [-0.2, 0) is 6.61 Å². The zero-order valence-corrected chi connectivity index (χ0v) is 18.9. The molecule has 0 aromatic heterocycles. The Bertz CT molecular complexity index is 1230. The lowest BCUT2D eigenvalue weighted by molar-refractivity contribution is 0.101. The molecule has 0 amide bonds. The highest BCUT2D eigenvalue weighted by molar-refractivity contribution is 6.31. The largest absolute Gasteiger partial charge is 0.493 e. The van der Waals surface area contributed by atoms with Crippen molar-refractivity contribution >= 4 is 23.5 Å². The topological polar surface area (TPSA) is 63.2 Å². The van der Waals surface area contributed by atoms with E-state index < -0.39 is 5.82 Å². The molecule has 6 nitrogen and oxygen atoms in total. The van der Waals surface area contributed by atoms with Gasteiger partial charge in [0, 0.05) is 11.6 Å². The van der Waals surface area contributed by atoms with Gasteiger partial charge in [-0.15, -0.1) is 0 Å². The van der Waals surface area contributed by atoms with Gasteiger partial charge in [-0.3, -0.25) is 4.79 Å². The molecule has 1 aliphatic heterocycles. The van der Waals surface area contributed by atoms with Crippen LogP contribution in [-0.4, -0.2) is 27.1 Å². The van der Waals surface area contributed by atoms with E-state index in [1.807, 2.05) is 0 Å². The number of hydrogen-bond acceptors (Lipinski definition) is 6. The van der Waals surface area contributed by atoms with Gasteiger partial charge in [0.25, 0.3) is 0 Å². The average molecular weight is 471 g/mol. The van der Waals surface area contributed by atoms with Crippen molar-refractivity contribution in [2.75, 3.05) is 21.3 Å². The van der Waals surface area contributed by atoms with Crippen LogP contribution in [0, 0.1) is 5.82 Å². The fourth-order valence-electron chi connectivity index (χ4n) is 3.39. The van der Waals surface area contributed by atoms with E-state index in [2.05, 4.69) is 0 Å². The molecule has 170 valence electrons. The summed E-state index contributed by atoms with van der Waals surface area (Å²) in [7, 11) is 4.55. The number of fused-ring (bicyclic) bond motifs is 1. The summed E-state index contributed by atoms with van der Waals surface area (Å²) in [6.07, 6.45) is 1.60. The lowest BCUT2D eigenvalue weighted by atomic mass is 10.1. The molecule has 3 aromatic rings. The molecular formula is C25H20ClFO6. The summed E-state index contributed by atoms with van der Waals surface area (Å²) in [5.41, 5.74) is 1.70. The fraction of sp³-hybridized carbons (Fsp3) is 0.160. The normalized spacial score (nSPS) is 13.5. The number of hydrogen-bond donors (Lipinski definition) is 0. The standard InChI is InChI=1S/C25H20ClFO6/c1-29-22-9-14(10-23(30-2)25(22)31-3)8-21-24(28)18-7-6-17(12-20(18)33-21)32-13-15-4-5-16(27)11-19(15)26/h4-12H,13H2,1-3H3. The SMILES string of the molecule is COc1cc(C=C2Oc3cc(OCc4ccc(F)cc4Cl)ccc3C2=O)cc(OC)c1OC. The molecule has 0 saturated carbocycles. The van der Waals surface area contributed by atoms with Crippen LogP contribution in [0.2, 0.25) is 5.02 Å². The van der Waals surface area contributed by atoms with Crippen LogP contribution in [0.5, 0.6) is 28.7 Å². The molecule has 0 N–H and O–H groups in total. The van der Waals surface area contributed by atoms with Crippen LogP contribution in [0.25, 0.3) is 6.08 Å². The molecule has 0 saturated heterocycles. The summed E-state index contributed by atoms with van der Waals surface area (Å²) >= 11 is 6.04. The van der Waals surface area contributed by atoms with Gasteiger partial charge in [0.05, 0.1) is 31.9 Å². The summed E-state index contributed by atoms with van der Waals surface area (Å²) in [6.45, 7) is 0.139. The fourth-order valence-corrected chi connectivity index (χ4v) is 3.61. The molecule has 1 aliphatic rings. The zero-order chi connectivity index (χ0) is 23.5. The number of allylic oxidation sites excluding steroid dienone is 1. The molecule has 4 rings (SSSR count). The van der Waals surface area contributed by atoms with Crippen LogP contribution in [0.1, 0.15) is 21.5 Å². The molecule has 0 radical (unpaired) electrons. The first-order chi connectivity index (χ1) is 15.9. The van der Waals surface area contributed by atoms with Crippen LogP contribution in [0.4, 0.5) is 4.39 Å². The van der Waals surface area contributed by atoms with E-state index in [1.165, 1.54) is 33.5 Å². The molecule has 1 heterocycles. The number of benzene rings is 3. The Morgan fingerprint density at radius 2 is 1.70 bits per heavy atom. The lowest BCUT2D eigenvalue weighted by Crippen LogP contribution is -1.99. The van der Waals surface area contributed by atoms with E-state index in [9.17, 15) is 9.18 Å². The number of ether oxygens (including phenoxy) is 5. The van der Waals surface area contributed by atoms with Crippen molar-refractivity contribution in [2.45, 2.75) is 6.61 Å². The number of rotatable bonds is 7. The summed E-state index contributed by atoms with van der Waals surface area (Å²) in [5, 5.41) is 0.276. The van der Waals surface area contributed by atoms with Gasteiger partial charge in [-0.25, -0.2) is 4.39 Å². The number of carbonyl (C=O) groups is 1. The van der Waals surface area contributed by atoms with Crippen LogP contribution in [0.3, 0.4) is 0 Å². The van der Waals surface area contributed by atoms with Crippen LogP contribution >= 0.6 is 11.6 Å². The van der Waals surface area contributed by atoms with Crippen LogP contribution < -0.4 is 23.7 Å². The van der Waals surface area contributed by atoms with Gasteiger partial charge in [0.15, 0.2) is 17.3 Å². The number of Topliss-reactive ketones (excluding diaryl/α,β-unsaturated/α-hetero) is 1. The van der Waals surface area contributed by atoms with E-state index in [1.54, 1.807) is 42.5 Å². The van der Waals surface area contributed by atoms with E-state index in [4.69, 9.17) is 35.3 Å². The second kappa shape index (κ2) is 9.42. The van der Waals surface area contributed by atoms with Gasteiger partial charge < -0.3 is 23.7 Å². The van der Waals surface area contributed by atoms with Gasteiger partial charge in [-0.05, 0) is 48.0 Å². The van der Waals surface area contributed by atoms with E-state index in [-0.39, 0.29) is 23.2 Å². The second-order valence-electron chi connectivity index (χ2n) is 7.08. The first kappa shape index (κ1) is 22.5. The smallest absolute Gasteiger partial charge is 0.231 e. The molecule has 8 heteroatoms. The molecule has 0 spiro atoms. The van der Waals surface area contributed by atoms with Crippen LogP contribution in [0.15, 0.2) is 54.3 Å². The molecule has 3 aromatic carbocycles. The number of halogens is 2. The monoisotopic (exact) mass is 470 g/mol. The number of ketones is 1. The third-order valence-corrected chi connectivity index (χ3v) is 5.39. The first-order valence-electron chi connectivity index (χ1n) is 9.88. The maximum atomic E-state index is 13.2. The quantitative estimate of drug-likeness (QED) is 0.413. The Morgan fingerprint density at radius 3 is 2.33 bits per heavy atom. The first-order valence-corrected chi connectivity index (χ1v) is 10.3. The molecule has 0 aliphatic carbocycles. The highest BCUT2D eigenvalue weighted by atomic mass is 35.5. The third kappa shape index (κ3) is 4.59. The Morgan fingerprint density at radius 1 is 0.970 bits per heavy atom. The highest BCUT2D eigenvalue weighted by Gasteiger charge is 2.28. The van der Waals surface area contributed by atoms with E-state index in [0.29, 0.717) is 45.4 Å². The summed E-state index contributed by atoms with van der Waals surface area (Å²) < 4.78 is 40.8. The molecule has 0 atom stereocenters. The lowest BCUT2D eigenvalue weighted by Gasteiger charge is -2.13. The summed E-state index contributed by atoms with van der Waals surface area (Å²) in [5.74, 6) is 1.71. The zero-order valence-electron chi connectivity index (χ0n) is 18.1. The van der Waals surface area contributed by atoms with Gasteiger partial charge in [-0.2, -0.15) is 0 Å². The van der Waals surface area contributed by atoms with Crippen molar-refractivity contribution in [3.05, 3.63) is 81.8 Å². The van der Waals surface area contributed by atoms with Crippen molar-refractivity contribution < 1.29 is 32.9 Å². The van der Waals surface area contributed by atoms with Gasteiger partial charge >= 0.3 is 0 Å². The van der Waals surface area contributed by atoms with E-state index >= 15 is 0 Å². The maximum absolute atomic E-state index is 13.2. The maximum Gasteiger partial charge on any atom is 0.231 e. The molecule has 0 fully saturated rings.